The van der Waals surface area contributed by atoms with E-state index < -0.39 is 12.0 Å². The smallest absolute Gasteiger partial charge is 0.326 e. The van der Waals surface area contributed by atoms with Gasteiger partial charge in [-0.3, -0.25) is 4.79 Å². The molecule has 0 aliphatic rings. The van der Waals surface area contributed by atoms with Crippen molar-refractivity contribution >= 4 is 17.7 Å². The lowest BCUT2D eigenvalue weighted by Gasteiger charge is -2.13. The van der Waals surface area contributed by atoms with E-state index in [9.17, 15) is 9.59 Å². The average Bonchev–Trinajstić information content (AvgIpc) is 2.92. The number of aliphatic carboxylic acids is 1. The largest absolute Gasteiger partial charge is 0.480 e. The van der Waals surface area contributed by atoms with E-state index in [0.717, 1.165) is 17.0 Å². The second-order valence-corrected chi connectivity index (χ2v) is 5.10. The van der Waals surface area contributed by atoms with Gasteiger partial charge in [-0.2, -0.15) is 10.1 Å². The van der Waals surface area contributed by atoms with Crippen molar-refractivity contribution in [1.29, 1.82) is 0 Å². The summed E-state index contributed by atoms with van der Waals surface area (Å²) in [4.78, 5) is 31.2. The van der Waals surface area contributed by atoms with Crippen LogP contribution in [0.5, 0.6) is 0 Å². The van der Waals surface area contributed by atoms with Crippen LogP contribution in [0.15, 0.2) is 6.33 Å². The van der Waals surface area contributed by atoms with Gasteiger partial charge in [-0.05, 0) is 32.3 Å². The van der Waals surface area contributed by atoms with Gasteiger partial charge in [0.1, 0.15) is 12.4 Å². The zero-order valence-corrected chi connectivity index (χ0v) is 12.8. The molecule has 0 aliphatic carbocycles. The molecule has 2 rings (SSSR count). The van der Waals surface area contributed by atoms with Crippen molar-refractivity contribution < 1.29 is 14.7 Å². The number of carbonyl (C=O) groups excluding carboxylic acids is 1. The number of rotatable bonds is 6. The van der Waals surface area contributed by atoms with Crippen LogP contribution in [-0.2, 0) is 16.0 Å². The van der Waals surface area contributed by atoms with E-state index >= 15 is 0 Å². The molecule has 22 heavy (non-hydrogen) atoms. The van der Waals surface area contributed by atoms with Crippen molar-refractivity contribution in [2.75, 3.05) is 0 Å². The van der Waals surface area contributed by atoms with Gasteiger partial charge in [0.25, 0.3) is 5.78 Å². The first-order valence-corrected chi connectivity index (χ1v) is 7.12. The first kappa shape index (κ1) is 15.9. The Labute approximate surface area is 127 Å². The molecule has 0 radical (unpaired) electrons. The molecular weight excluding hydrogens is 286 g/mol. The quantitative estimate of drug-likeness (QED) is 0.811. The molecule has 0 aromatic carbocycles. The van der Waals surface area contributed by atoms with Crippen LogP contribution in [0, 0.1) is 13.8 Å². The highest BCUT2D eigenvalue weighted by molar-refractivity contribution is 5.83. The second-order valence-electron chi connectivity index (χ2n) is 5.10. The third-order valence-electron chi connectivity index (χ3n) is 3.63. The third kappa shape index (κ3) is 3.21. The van der Waals surface area contributed by atoms with Crippen LogP contribution in [0.3, 0.4) is 0 Å². The molecule has 2 heterocycles. The Morgan fingerprint density at radius 3 is 2.77 bits per heavy atom. The number of nitrogens with zero attached hydrogens (tertiary/aromatic N) is 4. The summed E-state index contributed by atoms with van der Waals surface area (Å²) in [5, 5.41) is 15.6. The first-order valence-electron chi connectivity index (χ1n) is 7.12. The van der Waals surface area contributed by atoms with Crippen LogP contribution in [0.25, 0.3) is 5.78 Å². The molecule has 2 aromatic rings. The molecular formula is C14H19N5O3. The Kier molecular flexibility index (Phi) is 4.69. The van der Waals surface area contributed by atoms with E-state index in [-0.39, 0.29) is 12.3 Å². The lowest BCUT2D eigenvalue weighted by Crippen LogP contribution is -2.40. The summed E-state index contributed by atoms with van der Waals surface area (Å²) < 4.78 is 1.63. The molecule has 8 nitrogen and oxygen atoms in total. The highest BCUT2D eigenvalue weighted by Crippen LogP contribution is 2.14. The summed E-state index contributed by atoms with van der Waals surface area (Å²) in [6.07, 6.45) is 2.46. The predicted molar refractivity (Wildman–Crippen MR) is 78.4 cm³/mol. The maximum Gasteiger partial charge on any atom is 0.326 e. The Bertz CT molecular complexity index is 710. The summed E-state index contributed by atoms with van der Waals surface area (Å²) in [6, 6.07) is -0.842. The van der Waals surface area contributed by atoms with Crippen molar-refractivity contribution in [2.24, 2.45) is 0 Å². The lowest BCUT2D eigenvalue weighted by molar-refractivity contribution is -0.141. The van der Waals surface area contributed by atoms with Crippen LogP contribution >= 0.6 is 0 Å². The van der Waals surface area contributed by atoms with E-state index in [1.807, 2.05) is 13.8 Å². The van der Waals surface area contributed by atoms with Crippen molar-refractivity contribution in [3.05, 3.63) is 23.3 Å². The molecule has 0 saturated carbocycles. The standard InChI is InChI=1S/C14H19N5O3/c1-4-11(13(21)22)18-12(20)6-5-10-8(2)17-14-15-7-16-19(14)9(10)3/h7,11H,4-6H2,1-3H3,(H,18,20)(H,21,22). The number of fused-ring (bicyclic) bond motifs is 1. The molecule has 0 saturated heterocycles. The SMILES string of the molecule is CCC(NC(=O)CCc1c(C)nc2ncnn2c1C)C(=O)O. The number of amides is 1. The van der Waals surface area contributed by atoms with Gasteiger partial charge < -0.3 is 10.4 Å². The molecule has 1 atom stereocenters. The van der Waals surface area contributed by atoms with Crippen LogP contribution in [0.4, 0.5) is 0 Å². The van der Waals surface area contributed by atoms with Gasteiger partial charge in [-0.1, -0.05) is 6.92 Å². The van der Waals surface area contributed by atoms with Gasteiger partial charge >= 0.3 is 5.97 Å². The Hall–Kier alpha value is -2.51. The van der Waals surface area contributed by atoms with Crippen LogP contribution in [0.1, 0.15) is 36.7 Å². The molecule has 0 aliphatic heterocycles. The van der Waals surface area contributed by atoms with E-state index in [4.69, 9.17) is 5.11 Å². The van der Waals surface area contributed by atoms with Gasteiger partial charge in [-0.25, -0.2) is 14.3 Å². The van der Waals surface area contributed by atoms with Crippen molar-refractivity contribution in [3.8, 4) is 0 Å². The number of hydrogen-bond donors (Lipinski definition) is 2. The highest BCUT2D eigenvalue weighted by atomic mass is 16.4. The monoisotopic (exact) mass is 305 g/mol. The normalized spacial score (nSPS) is 12.3. The van der Waals surface area contributed by atoms with Gasteiger partial charge in [0, 0.05) is 17.8 Å². The molecule has 0 bridgehead atoms. The Morgan fingerprint density at radius 2 is 2.14 bits per heavy atom. The van der Waals surface area contributed by atoms with Crippen molar-refractivity contribution in [2.45, 2.75) is 46.1 Å². The number of nitrogens with one attached hydrogen (secondary N) is 1. The van der Waals surface area contributed by atoms with Gasteiger partial charge in [0.05, 0.1) is 0 Å². The fourth-order valence-electron chi connectivity index (χ4n) is 2.36. The van der Waals surface area contributed by atoms with E-state index in [2.05, 4.69) is 20.4 Å². The minimum Gasteiger partial charge on any atom is -0.480 e. The zero-order valence-electron chi connectivity index (χ0n) is 12.8. The summed E-state index contributed by atoms with van der Waals surface area (Å²) in [5.74, 6) is -0.777. The molecule has 2 aromatic heterocycles. The van der Waals surface area contributed by atoms with E-state index in [1.165, 1.54) is 6.33 Å². The fourth-order valence-corrected chi connectivity index (χ4v) is 2.36. The summed E-state index contributed by atoms with van der Waals surface area (Å²) in [7, 11) is 0. The topological polar surface area (TPSA) is 109 Å². The number of aromatic nitrogens is 4. The number of carbonyl (C=O) groups is 2. The van der Waals surface area contributed by atoms with Gasteiger partial charge in [-0.15, -0.1) is 0 Å². The summed E-state index contributed by atoms with van der Waals surface area (Å²) >= 11 is 0. The first-order chi connectivity index (χ1) is 10.4. The van der Waals surface area contributed by atoms with Crippen LogP contribution < -0.4 is 5.32 Å². The predicted octanol–water partition coefficient (Wildman–Crippen LogP) is 0.653. The zero-order chi connectivity index (χ0) is 16.3. The average molecular weight is 305 g/mol. The van der Waals surface area contributed by atoms with E-state index in [1.54, 1.807) is 11.4 Å². The maximum atomic E-state index is 11.9. The molecule has 118 valence electrons. The number of carboxylic acid groups (broad SMARTS) is 1. The molecule has 1 amide bonds. The number of carboxylic acids is 1. The maximum absolute atomic E-state index is 11.9. The second kappa shape index (κ2) is 6.50. The van der Waals surface area contributed by atoms with E-state index in [0.29, 0.717) is 18.6 Å². The minimum atomic E-state index is -1.02. The van der Waals surface area contributed by atoms with Gasteiger partial charge in [0.15, 0.2) is 0 Å². The van der Waals surface area contributed by atoms with Crippen LogP contribution in [-0.4, -0.2) is 42.6 Å². The molecule has 0 fully saturated rings. The number of hydrogen-bond acceptors (Lipinski definition) is 5. The molecule has 8 heteroatoms. The third-order valence-corrected chi connectivity index (χ3v) is 3.63. The summed E-state index contributed by atoms with van der Waals surface area (Å²) in [6.45, 7) is 5.48. The molecule has 2 N–H and O–H groups in total. The van der Waals surface area contributed by atoms with Crippen molar-refractivity contribution in [3.63, 3.8) is 0 Å². The molecule has 0 spiro atoms. The fraction of sp³-hybridized carbons (Fsp3) is 0.500. The van der Waals surface area contributed by atoms with Crippen molar-refractivity contribution in [1.82, 2.24) is 24.9 Å². The van der Waals surface area contributed by atoms with Gasteiger partial charge in [0.2, 0.25) is 5.91 Å². The summed E-state index contributed by atoms with van der Waals surface area (Å²) in [5.41, 5.74) is 2.62. The minimum absolute atomic E-state index is 0.202. The number of aryl methyl sites for hydroxylation is 2. The Balaban J connectivity index is 2.08. The van der Waals surface area contributed by atoms with Crippen LogP contribution in [0.2, 0.25) is 0 Å². The Morgan fingerprint density at radius 1 is 1.41 bits per heavy atom. The highest BCUT2D eigenvalue weighted by Gasteiger charge is 2.18. The molecule has 1 unspecified atom stereocenters. The lowest BCUT2D eigenvalue weighted by atomic mass is 10.1.